The Kier molecular flexibility index (Phi) is 11.1. The third kappa shape index (κ3) is 9.44. The lowest BCUT2D eigenvalue weighted by atomic mass is 9.98. The Morgan fingerprint density at radius 3 is 1.00 bits per heavy atom. The molecule has 0 aliphatic carbocycles. The van der Waals surface area contributed by atoms with E-state index in [0.717, 1.165) is 28.1 Å². The summed E-state index contributed by atoms with van der Waals surface area (Å²) in [5.74, 6) is 0. The highest BCUT2D eigenvalue weighted by Gasteiger charge is 2.12. The van der Waals surface area contributed by atoms with Crippen LogP contribution in [0.3, 0.4) is 0 Å². The van der Waals surface area contributed by atoms with Crippen LogP contribution in [-0.2, 0) is 0 Å². The Labute approximate surface area is 291 Å². The van der Waals surface area contributed by atoms with E-state index in [1.165, 1.54) is 33.4 Å². The maximum absolute atomic E-state index is 2.28. The SMILES string of the molecule is Cc1ccc(/C=C/C=C/c2ccc(N(C=C(c3ccccc3)c3ccccc3)c3ccc(/C=C/C=C/c4ccc(C)cc4)cc3)cc2)cc1. The average Bonchev–Trinajstić information content (AvgIpc) is 3.15. The van der Waals surface area contributed by atoms with E-state index in [0.29, 0.717) is 0 Å². The molecule has 0 amide bonds. The van der Waals surface area contributed by atoms with E-state index in [4.69, 9.17) is 0 Å². The molecule has 1 heteroatoms. The van der Waals surface area contributed by atoms with Crippen molar-refractivity contribution in [3.05, 3.63) is 233 Å². The minimum absolute atomic E-state index is 1.08. The minimum atomic E-state index is 1.08. The Morgan fingerprint density at radius 2 is 0.673 bits per heavy atom. The van der Waals surface area contributed by atoms with E-state index in [2.05, 4.69) is 231 Å². The Bertz CT molecular complexity index is 1910. The zero-order valence-electron chi connectivity index (χ0n) is 28.2. The second kappa shape index (κ2) is 16.6. The molecule has 0 unspecified atom stereocenters. The van der Waals surface area contributed by atoms with Crippen LogP contribution in [0, 0.1) is 13.8 Å². The molecule has 0 saturated heterocycles. The first-order valence-electron chi connectivity index (χ1n) is 16.8. The summed E-state index contributed by atoms with van der Waals surface area (Å²) < 4.78 is 0. The highest BCUT2D eigenvalue weighted by atomic mass is 15.1. The molecule has 0 N–H and O–H groups in total. The normalized spacial score (nSPS) is 11.6. The van der Waals surface area contributed by atoms with Gasteiger partial charge in [0.1, 0.15) is 0 Å². The third-order valence-electron chi connectivity index (χ3n) is 8.30. The molecule has 6 rings (SSSR count). The highest BCUT2D eigenvalue weighted by molar-refractivity contribution is 5.84. The summed E-state index contributed by atoms with van der Waals surface area (Å²) in [6.07, 6.45) is 19.2. The van der Waals surface area contributed by atoms with Crippen LogP contribution in [0.1, 0.15) is 44.5 Å². The van der Waals surface area contributed by atoms with Crippen LogP contribution in [0.2, 0.25) is 0 Å². The topological polar surface area (TPSA) is 3.24 Å². The third-order valence-corrected chi connectivity index (χ3v) is 8.30. The molecule has 238 valence electrons. The molecule has 49 heavy (non-hydrogen) atoms. The van der Waals surface area contributed by atoms with Crippen molar-refractivity contribution in [1.29, 1.82) is 0 Å². The number of hydrogen-bond acceptors (Lipinski definition) is 1. The summed E-state index contributed by atoms with van der Waals surface area (Å²) in [4.78, 5) is 2.28. The maximum atomic E-state index is 2.28. The van der Waals surface area contributed by atoms with Gasteiger partial charge < -0.3 is 4.90 Å². The number of benzene rings is 6. The van der Waals surface area contributed by atoms with Crippen molar-refractivity contribution >= 4 is 41.3 Å². The first-order chi connectivity index (χ1) is 24.1. The molecule has 0 fully saturated rings. The average molecular weight is 632 g/mol. The first-order valence-corrected chi connectivity index (χ1v) is 16.8. The van der Waals surface area contributed by atoms with Crippen molar-refractivity contribution in [1.82, 2.24) is 0 Å². The van der Waals surface area contributed by atoms with E-state index in [1.807, 2.05) is 0 Å². The first kappa shape index (κ1) is 32.7. The Balaban J connectivity index is 1.29. The van der Waals surface area contributed by atoms with E-state index in [-0.39, 0.29) is 0 Å². The summed E-state index contributed by atoms with van der Waals surface area (Å²) in [7, 11) is 0. The molecule has 0 radical (unpaired) electrons. The van der Waals surface area contributed by atoms with Crippen LogP contribution < -0.4 is 4.90 Å². The predicted molar refractivity (Wildman–Crippen MR) is 213 cm³/mol. The number of aryl methyl sites for hydroxylation is 2. The van der Waals surface area contributed by atoms with Gasteiger partial charge >= 0.3 is 0 Å². The molecule has 6 aromatic rings. The molecule has 0 aliphatic rings. The second-order valence-corrected chi connectivity index (χ2v) is 12.1. The zero-order chi connectivity index (χ0) is 33.7. The molecular formula is C48H41N. The summed E-state index contributed by atoms with van der Waals surface area (Å²) in [6.45, 7) is 4.22. The highest BCUT2D eigenvalue weighted by Crippen LogP contribution is 2.32. The quantitative estimate of drug-likeness (QED) is 0.129. The number of rotatable bonds is 11. The fraction of sp³-hybridized carbons (Fsp3) is 0.0417. The van der Waals surface area contributed by atoms with Crippen molar-refractivity contribution in [2.75, 3.05) is 4.90 Å². The predicted octanol–water partition coefficient (Wildman–Crippen LogP) is 13.0. The molecule has 6 aromatic carbocycles. The van der Waals surface area contributed by atoms with Crippen molar-refractivity contribution < 1.29 is 0 Å². The summed E-state index contributed by atoms with van der Waals surface area (Å²) >= 11 is 0. The zero-order valence-corrected chi connectivity index (χ0v) is 28.2. The second-order valence-electron chi connectivity index (χ2n) is 12.1. The van der Waals surface area contributed by atoms with Gasteiger partial charge in [-0.15, -0.1) is 0 Å². The largest absolute Gasteiger partial charge is 0.317 e. The summed E-state index contributed by atoms with van der Waals surface area (Å²) in [5, 5.41) is 0. The molecule has 0 bridgehead atoms. The molecule has 0 saturated carbocycles. The lowest BCUT2D eigenvalue weighted by Crippen LogP contribution is -2.10. The molecular weight excluding hydrogens is 591 g/mol. The maximum Gasteiger partial charge on any atom is 0.0456 e. The van der Waals surface area contributed by atoms with Gasteiger partial charge in [0.25, 0.3) is 0 Å². The van der Waals surface area contributed by atoms with Crippen LogP contribution in [0.5, 0.6) is 0 Å². The van der Waals surface area contributed by atoms with Gasteiger partial charge in [-0.25, -0.2) is 0 Å². The van der Waals surface area contributed by atoms with E-state index >= 15 is 0 Å². The molecule has 1 nitrogen and oxygen atoms in total. The van der Waals surface area contributed by atoms with Crippen LogP contribution in [0.25, 0.3) is 29.9 Å². The minimum Gasteiger partial charge on any atom is -0.317 e. The Morgan fingerprint density at radius 1 is 0.367 bits per heavy atom. The van der Waals surface area contributed by atoms with Gasteiger partial charge in [0.2, 0.25) is 0 Å². The lowest BCUT2D eigenvalue weighted by molar-refractivity contribution is 1.28. The number of allylic oxidation sites excluding steroid dienone is 4. The molecule has 0 aliphatic heterocycles. The van der Waals surface area contributed by atoms with E-state index in [9.17, 15) is 0 Å². The van der Waals surface area contributed by atoms with Crippen LogP contribution in [0.4, 0.5) is 11.4 Å². The number of anilines is 2. The number of hydrogen-bond donors (Lipinski definition) is 0. The standard InChI is InChI=1S/C48H41N/c1-38-21-25-40(26-22-38)13-9-11-15-42-29-33-46(34-30-42)49(37-48(44-17-5-3-6-18-44)45-19-7-4-8-20-45)47-35-31-43(32-36-47)16-12-10-14-41-27-23-39(2)24-28-41/h3-37H,1-2H3/b13-9+,14-10+,15-11+,16-12+. The van der Waals surface area contributed by atoms with Gasteiger partial charge in [-0.3, -0.25) is 0 Å². The fourth-order valence-corrected chi connectivity index (χ4v) is 5.49. The van der Waals surface area contributed by atoms with Crippen LogP contribution in [-0.4, -0.2) is 0 Å². The van der Waals surface area contributed by atoms with E-state index in [1.54, 1.807) is 0 Å². The lowest BCUT2D eigenvalue weighted by Gasteiger charge is -2.24. The monoisotopic (exact) mass is 631 g/mol. The van der Waals surface area contributed by atoms with Gasteiger partial charge in [-0.1, -0.05) is 193 Å². The van der Waals surface area contributed by atoms with Gasteiger partial charge in [0, 0.05) is 23.1 Å². The summed E-state index contributed by atoms with van der Waals surface area (Å²) in [6, 6.07) is 55.8. The Hall–Kier alpha value is -6.18. The van der Waals surface area contributed by atoms with Crippen LogP contribution in [0.15, 0.2) is 188 Å². The van der Waals surface area contributed by atoms with Crippen molar-refractivity contribution in [3.8, 4) is 0 Å². The molecule has 0 aromatic heterocycles. The van der Waals surface area contributed by atoms with Gasteiger partial charge in [-0.05, 0) is 71.5 Å². The number of nitrogens with zero attached hydrogens (tertiary/aromatic N) is 1. The smallest absolute Gasteiger partial charge is 0.0456 e. The van der Waals surface area contributed by atoms with Gasteiger partial charge in [0.05, 0.1) is 0 Å². The molecule has 0 heterocycles. The van der Waals surface area contributed by atoms with Crippen molar-refractivity contribution in [3.63, 3.8) is 0 Å². The van der Waals surface area contributed by atoms with Crippen molar-refractivity contribution in [2.45, 2.75) is 13.8 Å². The fourth-order valence-electron chi connectivity index (χ4n) is 5.49. The summed E-state index contributed by atoms with van der Waals surface area (Å²) in [5.41, 5.74) is 12.9. The van der Waals surface area contributed by atoms with Gasteiger partial charge in [0.15, 0.2) is 0 Å². The van der Waals surface area contributed by atoms with E-state index < -0.39 is 0 Å². The van der Waals surface area contributed by atoms with Crippen LogP contribution >= 0.6 is 0 Å². The molecule has 0 spiro atoms. The van der Waals surface area contributed by atoms with Gasteiger partial charge in [-0.2, -0.15) is 0 Å². The van der Waals surface area contributed by atoms with Crippen molar-refractivity contribution in [2.24, 2.45) is 0 Å². The molecule has 0 atom stereocenters.